The summed E-state index contributed by atoms with van der Waals surface area (Å²) in [6, 6.07) is 0. The summed E-state index contributed by atoms with van der Waals surface area (Å²) in [6.07, 6.45) is 3.25. The summed E-state index contributed by atoms with van der Waals surface area (Å²) in [5, 5.41) is 13.1. The quantitative estimate of drug-likeness (QED) is 0.651. The van der Waals surface area contributed by atoms with Crippen LogP contribution < -0.4 is 5.32 Å². The molecule has 2 N–H and O–H groups in total. The number of nitrogens with zero attached hydrogens (tertiary/aromatic N) is 1. The molecule has 0 aromatic heterocycles. The second-order valence-electron chi connectivity index (χ2n) is 4.65. The Balaban J connectivity index is 2.44. The third kappa shape index (κ3) is 4.01. The zero-order valence-electron chi connectivity index (χ0n) is 10.7. The molecule has 0 aromatic carbocycles. The molecule has 1 atom stereocenters. The molecule has 96 valence electrons. The van der Waals surface area contributed by atoms with Gasteiger partial charge in [0.1, 0.15) is 0 Å². The molecule has 16 heavy (non-hydrogen) atoms. The van der Waals surface area contributed by atoms with Crippen LogP contribution in [0.2, 0.25) is 0 Å². The number of aliphatic hydroxyl groups is 1. The normalized spacial score (nSPS) is 27.9. The molecule has 0 amide bonds. The molecule has 1 unspecified atom stereocenters. The number of aliphatic hydroxyl groups excluding tert-OH is 1. The molecule has 0 spiro atoms. The van der Waals surface area contributed by atoms with Gasteiger partial charge in [0.15, 0.2) is 0 Å². The molecular formula is C12H26N2O2. The minimum atomic E-state index is -0.0809. The van der Waals surface area contributed by atoms with Crippen molar-refractivity contribution in [2.75, 3.05) is 46.5 Å². The highest BCUT2D eigenvalue weighted by molar-refractivity contribution is 4.90. The first-order valence-corrected chi connectivity index (χ1v) is 6.33. The van der Waals surface area contributed by atoms with E-state index in [1.54, 1.807) is 7.11 Å². The van der Waals surface area contributed by atoms with E-state index >= 15 is 0 Å². The second-order valence-corrected chi connectivity index (χ2v) is 4.65. The molecule has 1 saturated heterocycles. The Bertz CT molecular complexity index is 190. The van der Waals surface area contributed by atoms with Crippen molar-refractivity contribution in [1.29, 1.82) is 0 Å². The lowest BCUT2D eigenvalue weighted by molar-refractivity contribution is 0.125. The molecule has 1 rings (SSSR count). The number of hydrogen-bond donors (Lipinski definition) is 2. The average molecular weight is 230 g/mol. The van der Waals surface area contributed by atoms with Crippen LogP contribution in [0.4, 0.5) is 0 Å². The van der Waals surface area contributed by atoms with Gasteiger partial charge in [-0.3, -0.25) is 0 Å². The van der Waals surface area contributed by atoms with Gasteiger partial charge in [0.2, 0.25) is 0 Å². The maximum Gasteiger partial charge on any atom is 0.0613 e. The van der Waals surface area contributed by atoms with Gasteiger partial charge in [-0.25, -0.2) is 0 Å². The smallest absolute Gasteiger partial charge is 0.0613 e. The van der Waals surface area contributed by atoms with Crippen molar-refractivity contribution >= 4 is 0 Å². The first-order chi connectivity index (χ1) is 7.76. The van der Waals surface area contributed by atoms with Crippen molar-refractivity contribution in [3.63, 3.8) is 0 Å². The Hall–Kier alpha value is -0.160. The van der Waals surface area contributed by atoms with Crippen LogP contribution in [0.1, 0.15) is 26.2 Å². The second kappa shape index (κ2) is 7.22. The maximum absolute atomic E-state index is 9.60. The van der Waals surface area contributed by atoms with Crippen LogP contribution in [0.3, 0.4) is 0 Å². The number of hydrogen-bond acceptors (Lipinski definition) is 4. The Morgan fingerprint density at radius 2 is 2.19 bits per heavy atom. The van der Waals surface area contributed by atoms with E-state index in [0.29, 0.717) is 6.61 Å². The van der Waals surface area contributed by atoms with Gasteiger partial charge in [0.25, 0.3) is 0 Å². The first kappa shape index (κ1) is 13.9. The van der Waals surface area contributed by atoms with Gasteiger partial charge in [-0.05, 0) is 38.9 Å². The van der Waals surface area contributed by atoms with Gasteiger partial charge in [-0.2, -0.15) is 0 Å². The van der Waals surface area contributed by atoms with Crippen molar-refractivity contribution < 1.29 is 9.84 Å². The Kier molecular flexibility index (Phi) is 6.28. The molecule has 1 fully saturated rings. The van der Waals surface area contributed by atoms with Gasteiger partial charge in [-0.15, -0.1) is 0 Å². The molecule has 0 bridgehead atoms. The number of nitrogens with one attached hydrogen (secondary N) is 1. The minimum Gasteiger partial charge on any atom is -0.394 e. The Morgan fingerprint density at radius 3 is 2.81 bits per heavy atom. The standard InChI is InChI=1S/C12H26N2O2/c1-3-14-8-4-5-12(11-15,6-9-14)13-7-10-16-2/h13,15H,3-11H2,1-2H3. The van der Waals surface area contributed by atoms with E-state index in [2.05, 4.69) is 17.1 Å². The van der Waals surface area contributed by atoms with Crippen molar-refractivity contribution in [1.82, 2.24) is 10.2 Å². The molecule has 4 heteroatoms. The predicted molar refractivity (Wildman–Crippen MR) is 65.7 cm³/mol. The number of likely N-dealkylation sites (tertiary alicyclic amines) is 1. The molecule has 1 heterocycles. The molecular weight excluding hydrogens is 204 g/mol. The summed E-state index contributed by atoms with van der Waals surface area (Å²) in [6.45, 7) is 7.31. The summed E-state index contributed by atoms with van der Waals surface area (Å²) in [4.78, 5) is 2.45. The van der Waals surface area contributed by atoms with Gasteiger partial charge < -0.3 is 20.1 Å². The summed E-state index contributed by atoms with van der Waals surface area (Å²) < 4.78 is 5.04. The summed E-state index contributed by atoms with van der Waals surface area (Å²) >= 11 is 0. The van der Waals surface area contributed by atoms with Crippen LogP contribution in [0.5, 0.6) is 0 Å². The van der Waals surface area contributed by atoms with Gasteiger partial charge in [0.05, 0.1) is 13.2 Å². The predicted octanol–water partition coefficient (Wildman–Crippen LogP) is 0.459. The topological polar surface area (TPSA) is 44.7 Å². The summed E-state index contributed by atoms with van der Waals surface area (Å²) in [7, 11) is 1.71. The monoisotopic (exact) mass is 230 g/mol. The largest absolute Gasteiger partial charge is 0.394 e. The fourth-order valence-electron chi connectivity index (χ4n) is 2.38. The van der Waals surface area contributed by atoms with E-state index in [9.17, 15) is 5.11 Å². The molecule has 1 aliphatic heterocycles. The lowest BCUT2D eigenvalue weighted by atomic mass is 9.91. The van der Waals surface area contributed by atoms with Crippen molar-refractivity contribution in [2.24, 2.45) is 0 Å². The van der Waals surface area contributed by atoms with Crippen molar-refractivity contribution in [2.45, 2.75) is 31.7 Å². The highest BCUT2D eigenvalue weighted by Crippen LogP contribution is 2.21. The highest BCUT2D eigenvalue weighted by atomic mass is 16.5. The van der Waals surface area contributed by atoms with E-state index in [4.69, 9.17) is 4.74 Å². The number of rotatable bonds is 6. The average Bonchev–Trinajstić information content (AvgIpc) is 2.52. The molecule has 1 aliphatic rings. The Labute approximate surface area is 99.0 Å². The molecule has 4 nitrogen and oxygen atoms in total. The lowest BCUT2D eigenvalue weighted by Crippen LogP contribution is -2.50. The summed E-state index contributed by atoms with van der Waals surface area (Å²) in [5.74, 6) is 0. The molecule has 0 aliphatic carbocycles. The van der Waals surface area contributed by atoms with E-state index in [1.165, 1.54) is 0 Å². The zero-order chi connectivity index (χ0) is 11.9. The molecule has 0 radical (unpaired) electrons. The van der Waals surface area contributed by atoms with Gasteiger partial charge >= 0.3 is 0 Å². The van der Waals surface area contributed by atoms with E-state index in [0.717, 1.165) is 45.4 Å². The fraction of sp³-hybridized carbons (Fsp3) is 1.00. The summed E-state index contributed by atoms with van der Waals surface area (Å²) in [5.41, 5.74) is -0.0809. The highest BCUT2D eigenvalue weighted by Gasteiger charge is 2.30. The SMILES string of the molecule is CCN1CCCC(CO)(NCCOC)CC1. The van der Waals surface area contributed by atoms with E-state index in [1.807, 2.05) is 0 Å². The first-order valence-electron chi connectivity index (χ1n) is 6.33. The fourth-order valence-corrected chi connectivity index (χ4v) is 2.38. The molecule has 0 saturated carbocycles. The maximum atomic E-state index is 9.60. The third-order valence-corrected chi connectivity index (χ3v) is 3.59. The number of ether oxygens (including phenoxy) is 1. The Morgan fingerprint density at radius 1 is 1.38 bits per heavy atom. The third-order valence-electron chi connectivity index (χ3n) is 3.59. The van der Waals surface area contributed by atoms with E-state index in [-0.39, 0.29) is 12.1 Å². The van der Waals surface area contributed by atoms with Crippen molar-refractivity contribution in [3.05, 3.63) is 0 Å². The van der Waals surface area contributed by atoms with Crippen LogP contribution in [0.25, 0.3) is 0 Å². The minimum absolute atomic E-state index is 0.0809. The zero-order valence-corrected chi connectivity index (χ0v) is 10.7. The molecule has 0 aromatic rings. The van der Waals surface area contributed by atoms with Crippen LogP contribution >= 0.6 is 0 Å². The lowest BCUT2D eigenvalue weighted by Gasteiger charge is -2.32. The van der Waals surface area contributed by atoms with Crippen LogP contribution in [0.15, 0.2) is 0 Å². The van der Waals surface area contributed by atoms with Crippen molar-refractivity contribution in [3.8, 4) is 0 Å². The van der Waals surface area contributed by atoms with Crippen LogP contribution in [-0.2, 0) is 4.74 Å². The van der Waals surface area contributed by atoms with Crippen LogP contribution in [0, 0.1) is 0 Å². The number of methoxy groups -OCH3 is 1. The van der Waals surface area contributed by atoms with E-state index < -0.39 is 0 Å². The van der Waals surface area contributed by atoms with Crippen LogP contribution in [-0.4, -0.2) is 62.0 Å². The van der Waals surface area contributed by atoms with Gasteiger partial charge in [-0.1, -0.05) is 6.92 Å². The van der Waals surface area contributed by atoms with Gasteiger partial charge in [0, 0.05) is 19.2 Å².